The maximum absolute atomic E-state index is 14.9. The highest BCUT2D eigenvalue weighted by Crippen LogP contribution is 2.45. The van der Waals surface area contributed by atoms with Gasteiger partial charge in [0.1, 0.15) is 40.9 Å². The van der Waals surface area contributed by atoms with E-state index < -0.39 is 59.0 Å². The Labute approximate surface area is 372 Å². The normalized spacial score (nSPS) is 25.5. The second-order valence-corrected chi connectivity index (χ2v) is 19.6. The van der Waals surface area contributed by atoms with Crippen LogP contribution in [-0.4, -0.2) is 117 Å². The van der Waals surface area contributed by atoms with Gasteiger partial charge >= 0.3 is 12.0 Å². The molecule has 1 aliphatic carbocycles. The summed E-state index contributed by atoms with van der Waals surface area (Å²) in [5.74, 6) is -1.43. The molecule has 3 aromatic rings. The van der Waals surface area contributed by atoms with Crippen molar-refractivity contribution in [2.24, 2.45) is 11.3 Å². The monoisotopic (exact) mass is 886 g/mol. The number of rotatable bonds is 11. The van der Waals surface area contributed by atoms with Crippen molar-refractivity contribution >= 4 is 57.1 Å². The summed E-state index contributed by atoms with van der Waals surface area (Å²) in [6.45, 7) is 11.0. The summed E-state index contributed by atoms with van der Waals surface area (Å²) in [4.78, 5) is 81.7. The SMILES string of the molecule is COc1ccc2c(O[C@@H]3C[C@H]4C(=O)N[C@]5(C(=O)O)CC5/C=C\CCCCC[C@H](NC(=O)NC(CN5CCCCC5=O)C(C)(C)C)C(=O)N4C3)cc(-c3csc(NC(C)C)n3)nc2c1. The third-order valence-corrected chi connectivity index (χ3v) is 13.3. The molecule has 5 heterocycles. The number of aliphatic carboxylic acids is 1. The van der Waals surface area contributed by atoms with Gasteiger partial charge in [0, 0.05) is 60.8 Å². The molecule has 5 amide bonds. The average Bonchev–Trinajstić information content (AvgIpc) is 3.49. The summed E-state index contributed by atoms with van der Waals surface area (Å²) in [5.41, 5.74) is -0.0957. The number of hydrogen-bond acceptors (Lipinski definition) is 11. The lowest BCUT2D eigenvalue weighted by Gasteiger charge is -2.37. The number of allylic oxidation sites excluding steroid dienone is 1. The van der Waals surface area contributed by atoms with E-state index in [1.807, 2.05) is 64.3 Å². The molecular formula is C46H62N8O8S. The number of aromatic nitrogens is 2. The number of urea groups is 1. The van der Waals surface area contributed by atoms with Crippen molar-refractivity contribution in [3.8, 4) is 22.9 Å². The van der Waals surface area contributed by atoms with Gasteiger partial charge in [-0.1, -0.05) is 45.8 Å². The lowest BCUT2D eigenvalue weighted by Crippen LogP contribution is -2.59. The van der Waals surface area contributed by atoms with Crippen molar-refractivity contribution in [3.63, 3.8) is 0 Å². The Kier molecular flexibility index (Phi) is 13.8. The number of piperidine rings is 1. The molecule has 0 bridgehead atoms. The van der Waals surface area contributed by atoms with Crippen LogP contribution in [0.2, 0.25) is 0 Å². The molecule has 17 heteroatoms. The predicted molar refractivity (Wildman–Crippen MR) is 241 cm³/mol. The fraction of sp³-hybridized carbons (Fsp3) is 0.587. The molecule has 1 saturated carbocycles. The third kappa shape index (κ3) is 10.7. The second-order valence-electron chi connectivity index (χ2n) is 18.7. The van der Waals surface area contributed by atoms with Gasteiger partial charge in [-0.2, -0.15) is 0 Å². The first-order valence-electron chi connectivity index (χ1n) is 22.3. The minimum atomic E-state index is -1.48. The fourth-order valence-corrected chi connectivity index (χ4v) is 9.58. The van der Waals surface area contributed by atoms with Gasteiger partial charge in [-0.15, -0.1) is 11.3 Å². The lowest BCUT2D eigenvalue weighted by molar-refractivity contribution is -0.145. The van der Waals surface area contributed by atoms with Crippen LogP contribution in [0.3, 0.4) is 0 Å². The van der Waals surface area contributed by atoms with E-state index >= 15 is 0 Å². The van der Waals surface area contributed by atoms with E-state index in [4.69, 9.17) is 19.4 Å². The summed E-state index contributed by atoms with van der Waals surface area (Å²) in [6, 6.07) is 4.40. The Morgan fingerprint density at radius 1 is 1.06 bits per heavy atom. The van der Waals surface area contributed by atoms with Crippen LogP contribution in [0, 0.1) is 11.3 Å². The first kappa shape index (κ1) is 45.6. The number of fused-ring (bicyclic) bond motifs is 3. The van der Waals surface area contributed by atoms with Crippen molar-refractivity contribution in [2.45, 2.75) is 135 Å². The number of ether oxygens (including phenoxy) is 2. The van der Waals surface area contributed by atoms with Gasteiger partial charge in [0.25, 0.3) is 0 Å². The summed E-state index contributed by atoms with van der Waals surface area (Å²) < 4.78 is 12.3. The quantitative estimate of drug-likeness (QED) is 0.139. The van der Waals surface area contributed by atoms with Crippen LogP contribution in [0.4, 0.5) is 9.93 Å². The molecule has 0 spiro atoms. The van der Waals surface area contributed by atoms with Gasteiger partial charge in [-0.25, -0.2) is 19.6 Å². The van der Waals surface area contributed by atoms with E-state index in [0.717, 1.165) is 37.2 Å². The highest BCUT2D eigenvalue weighted by molar-refractivity contribution is 7.14. The van der Waals surface area contributed by atoms with Gasteiger partial charge in [-0.05, 0) is 69.9 Å². The highest BCUT2D eigenvalue weighted by atomic mass is 32.1. The number of carbonyl (C=O) groups excluding carboxylic acids is 4. The van der Waals surface area contributed by atoms with E-state index in [1.165, 1.54) is 16.2 Å². The number of anilines is 1. The van der Waals surface area contributed by atoms with Gasteiger partial charge < -0.3 is 45.6 Å². The zero-order valence-corrected chi connectivity index (χ0v) is 38.0. The van der Waals surface area contributed by atoms with Crippen LogP contribution in [-0.2, 0) is 19.2 Å². The number of hydrogen-bond donors (Lipinski definition) is 5. The number of thiazole rings is 1. The van der Waals surface area contributed by atoms with E-state index in [1.54, 1.807) is 24.1 Å². The second kappa shape index (κ2) is 19.1. The van der Waals surface area contributed by atoms with Crippen LogP contribution in [0.15, 0.2) is 41.8 Å². The number of nitrogens with zero attached hydrogens (tertiary/aromatic N) is 4. The minimum Gasteiger partial charge on any atom is -0.497 e. The van der Waals surface area contributed by atoms with Crippen LogP contribution in [0.25, 0.3) is 22.3 Å². The molecule has 4 aliphatic rings. The van der Waals surface area contributed by atoms with Gasteiger partial charge in [0.05, 0.1) is 30.9 Å². The Bertz CT molecular complexity index is 2220. The van der Waals surface area contributed by atoms with Crippen LogP contribution in [0.5, 0.6) is 11.5 Å². The third-order valence-electron chi connectivity index (χ3n) is 12.6. The van der Waals surface area contributed by atoms with Gasteiger partial charge in [0.2, 0.25) is 17.7 Å². The lowest BCUT2D eigenvalue weighted by atomic mass is 9.86. The standard InChI is InChI=1S/C46H62N8O8S/c1-27(2)47-44-50-35(26-63-44)34-22-37(31-18-17-29(61-6)20-33(31)48-34)62-30-21-36-40(56)52-46(42(58)59)23-28(46)14-10-8-7-9-11-15-32(41(57)54(36)24-30)49-43(60)51-38(45(3,4)5)25-53-19-13-12-16-39(53)55/h10,14,17-18,20,22,26-28,30,32,36,38H,7-9,11-13,15-16,19,21,23-25H2,1-6H3,(H,47,50)(H,52,56)(H,58,59)(H2,49,51,60)/b14-10-/t28?,30-,32+,36+,38?,46-/m1/s1. The number of methoxy groups -OCH3 is 1. The Balaban J connectivity index is 1.19. The molecule has 7 rings (SSSR count). The summed E-state index contributed by atoms with van der Waals surface area (Å²) >= 11 is 1.46. The van der Waals surface area contributed by atoms with Crippen LogP contribution in [0.1, 0.15) is 98.8 Å². The minimum absolute atomic E-state index is 0.00370. The van der Waals surface area contributed by atoms with E-state index in [2.05, 4.69) is 21.3 Å². The van der Waals surface area contributed by atoms with E-state index in [9.17, 15) is 29.1 Å². The van der Waals surface area contributed by atoms with Crippen molar-refractivity contribution in [2.75, 3.05) is 32.1 Å². The number of nitrogens with one attached hydrogen (secondary N) is 4. The first-order valence-corrected chi connectivity index (χ1v) is 23.2. The predicted octanol–water partition coefficient (Wildman–Crippen LogP) is 6.11. The molecule has 16 nitrogen and oxygen atoms in total. The number of carboxylic acids is 1. The maximum Gasteiger partial charge on any atom is 0.330 e. The maximum atomic E-state index is 14.9. The zero-order valence-electron chi connectivity index (χ0n) is 37.2. The number of amides is 5. The topological polar surface area (TPSA) is 204 Å². The largest absolute Gasteiger partial charge is 0.497 e. The smallest absolute Gasteiger partial charge is 0.330 e. The van der Waals surface area contributed by atoms with Crippen molar-refractivity contribution < 1.29 is 38.6 Å². The molecule has 1 aromatic carbocycles. The number of carboxylic acid groups (broad SMARTS) is 1. The molecule has 5 N–H and O–H groups in total. The Hall–Kier alpha value is -5.45. The van der Waals surface area contributed by atoms with E-state index in [0.29, 0.717) is 66.1 Å². The van der Waals surface area contributed by atoms with E-state index in [-0.39, 0.29) is 37.3 Å². The fourth-order valence-electron chi connectivity index (χ4n) is 8.73. The summed E-state index contributed by atoms with van der Waals surface area (Å²) in [5, 5.41) is 25.9. The highest BCUT2D eigenvalue weighted by Gasteiger charge is 2.61. The molecule has 2 saturated heterocycles. The molecule has 63 heavy (non-hydrogen) atoms. The Morgan fingerprint density at radius 2 is 1.87 bits per heavy atom. The molecular weight excluding hydrogens is 825 g/mol. The number of likely N-dealkylation sites (tertiary alicyclic amines) is 1. The van der Waals surface area contributed by atoms with Gasteiger partial charge in [-0.3, -0.25) is 14.4 Å². The van der Waals surface area contributed by atoms with Crippen LogP contribution < -0.4 is 30.7 Å². The van der Waals surface area contributed by atoms with Crippen LogP contribution >= 0.6 is 11.3 Å². The van der Waals surface area contributed by atoms with Crippen molar-refractivity contribution in [1.29, 1.82) is 0 Å². The molecule has 6 atom stereocenters. The average molecular weight is 887 g/mol. The Morgan fingerprint density at radius 3 is 2.60 bits per heavy atom. The summed E-state index contributed by atoms with van der Waals surface area (Å²) in [7, 11) is 1.58. The zero-order chi connectivity index (χ0) is 45.1. The molecule has 2 aromatic heterocycles. The molecule has 0 radical (unpaired) electrons. The number of pyridine rings is 1. The molecule has 3 aliphatic heterocycles. The first-order chi connectivity index (χ1) is 30.0. The molecule has 2 unspecified atom stereocenters. The number of carbonyl (C=O) groups is 5. The molecule has 340 valence electrons. The van der Waals surface area contributed by atoms with Crippen molar-refractivity contribution in [1.82, 2.24) is 35.7 Å². The number of benzene rings is 1. The summed E-state index contributed by atoms with van der Waals surface area (Å²) in [6.07, 6.45) is 8.94. The van der Waals surface area contributed by atoms with Crippen molar-refractivity contribution in [3.05, 3.63) is 41.8 Å². The van der Waals surface area contributed by atoms with Gasteiger partial charge in [0.15, 0.2) is 5.13 Å². The molecule has 3 fully saturated rings.